The van der Waals surface area contributed by atoms with Crippen molar-refractivity contribution in [1.82, 2.24) is 0 Å². The smallest absolute Gasteiger partial charge is 0.204 e. The molecule has 0 saturated carbocycles. The van der Waals surface area contributed by atoms with Crippen LogP contribution in [0.1, 0.15) is 20.8 Å². The van der Waals surface area contributed by atoms with Crippen molar-refractivity contribution >= 4 is 50.3 Å². The molecule has 1 heterocycles. The Balaban J connectivity index is 2.49. The highest BCUT2D eigenvalue weighted by Crippen LogP contribution is 2.31. The lowest BCUT2D eigenvalue weighted by atomic mass is 10.1. The number of aryl methyl sites for hydroxylation is 1. The van der Waals surface area contributed by atoms with Gasteiger partial charge in [0.25, 0.3) is 0 Å². The monoisotopic (exact) mass is 347 g/mol. The van der Waals surface area contributed by atoms with Crippen molar-refractivity contribution in [3.05, 3.63) is 48.8 Å². The lowest BCUT2D eigenvalue weighted by Gasteiger charge is -2.04. The maximum absolute atomic E-state index is 13.2. The zero-order valence-corrected chi connectivity index (χ0v) is 12.4. The Morgan fingerprint density at radius 3 is 2.67 bits per heavy atom. The Labute approximate surface area is 121 Å². The Morgan fingerprint density at radius 1 is 1.44 bits per heavy atom. The molecule has 2 N–H and O–H groups in total. The second-order valence-corrected chi connectivity index (χ2v) is 6.26. The molecule has 0 aliphatic rings. The van der Waals surface area contributed by atoms with Crippen LogP contribution in [0.2, 0.25) is 4.34 Å². The van der Waals surface area contributed by atoms with E-state index in [1.54, 1.807) is 6.07 Å². The summed E-state index contributed by atoms with van der Waals surface area (Å²) >= 11 is 10.3. The molecule has 2 aromatic rings. The van der Waals surface area contributed by atoms with Gasteiger partial charge in [0.1, 0.15) is 5.82 Å². The third-order valence-corrected chi connectivity index (χ3v) is 4.62. The van der Waals surface area contributed by atoms with E-state index < -0.39 is 5.82 Å². The molecular formula is C12H8BrClFNOS. The van der Waals surface area contributed by atoms with E-state index in [0.29, 0.717) is 19.2 Å². The van der Waals surface area contributed by atoms with Gasteiger partial charge in [0.05, 0.1) is 14.9 Å². The molecule has 0 bridgehead atoms. The first kappa shape index (κ1) is 13.5. The van der Waals surface area contributed by atoms with Gasteiger partial charge < -0.3 is 5.73 Å². The number of carbonyl (C=O) groups excluding carboxylic acids is 1. The van der Waals surface area contributed by atoms with Crippen molar-refractivity contribution in [3.8, 4) is 0 Å². The lowest BCUT2D eigenvalue weighted by molar-refractivity contribution is 0.104. The van der Waals surface area contributed by atoms with Gasteiger partial charge in [-0.15, -0.1) is 11.3 Å². The molecule has 6 heteroatoms. The number of nitrogens with two attached hydrogens (primary N) is 1. The van der Waals surface area contributed by atoms with Crippen LogP contribution >= 0.6 is 38.9 Å². The summed E-state index contributed by atoms with van der Waals surface area (Å²) in [6.07, 6.45) is 0. The van der Waals surface area contributed by atoms with Crippen LogP contribution in [-0.2, 0) is 0 Å². The molecule has 0 amide bonds. The number of anilines is 1. The van der Waals surface area contributed by atoms with Crippen LogP contribution in [0.15, 0.2) is 22.7 Å². The van der Waals surface area contributed by atoms with Crippen LogP contribution in [0.25, 0.3) is 0 Å². The highest BCUT2D eigenvalue weighted by molar-refractivity contribution is 9.10. The van der Waals surface area contributed by atoms with Gasteiger partial charge >= 0.3 is 0 Å². The van der Waals surface area contributed by atoms with Crippen molar-refractivity contribution in [3.63, 3.8) is 0 Å². The maximum atomic E-state index is 13.2. The van der Waals surface area contributed by atoms with Crippen LogP contribution in [0.5, 0.6) is 0 Å². The molecule has 1 aromatic heterocycles. The lowest BCUT2D eigenvalue weighted by Crippen LogP contribution is -2.03. The van der Waals surface area contributed by atoms with Crippen molar-refractivity contribution in [1.29, 1.82) is 0 Å². The number of rotatable bonds is 2. The zero-order chi connectivity index (χ0) is 13.4. The fourth-order valence-corrected chi connectivity index (χ4v) is 3.09. The van der Waals surface area contributed by atoms with Crippen molar-refractivity contribution < 1.29 is 9.18 Å². The molecule has 2 rings (SSSR count). The Morgan fingerprint density at radius 2 is 2.11 bits per heavy atom. The summed E-state index contributed by atoms with van der Waals surface area (Å²) in [7, 11) is 0. The summed E-state index contributed by atoms with van der Waals surface area (Å²) in [5.41, 5.74) is 6.58. The van der Waals surface area contributed by atoms with Gasteiger partial charge in [-0.2, -0.15) is 0 Å². The summed E-state index contributed by atoms with van der Waals surface area (Å²) in [6, 6.07) is 4.22. The molecule has 0 unspecified atom stereocenters. The Bertz CT molecular complexity index is 622. The molecule has 18 heavy (non-hydrogen) atoms. The first-order chi connectivity index (χ1) is 8.40. The molecule has 1 aromatic carbocycles. The Kier molecular flexibility index (Phi) is 3.75. The topological polar surface area (TPSA) is 43.1 Å². The first-order valence-electron chi connectivity index (χ1n) is 4.95. The number of carbonyl (C=O) groups is 1. The standard InChI is InChI=1S/C12H8BrClFNOS/c1-5-2-10(18-12(5)14)11(17)6-3-9(16)8(15)4-7(6)13/h2-4H,16H2,1H3. The maximum Gasteiger partial charge on any atom is 0.204 e. The highest BCUT2D eigenvalue weighted by atomic mass is 79.9. The third-order valence-electron chi connectivity index (χ3n) is 2.41. The van der Waals surface area contributed by atoms with Gasteiger partial charge in [-0.05, 0) is 46.6 Å². The predicted molar refractivity (Wildman–Crippen MR) is 76.0 cm³/mol. The summed E-state index contributed by atoms with van der Waals surface area (Å²) in [4.78, 5) is 12.7. The van der Waals surface area contributed by atoms with Crippen molar-refractivity contribution in [2.24, 2.45) is 0 Å². The van der Waals surface area contributed by atoms with E-state index in [-0.39, 0.29) is 11.5 Å². The number of thiophene rings is 1. The molecular weight excluding hydrogens is 341 g/mol. The van der Waals surface area contributed by atoms with Gasteiger partial charge in [-0.3, -0.25) is 4.79 Å². The minimum absolute atomic E-state index is 0.0547. The molecule has 0 aliphatic heterocycles. The molecule has 0 atom stereocenters. The number of hydrogen-bond acceptors (Lipinski definition) is 3. The summed E-state index contributed by atoms with van der Waals surface area (Å²) in [6.45, 7) is 1.82. The van der Waals surface area contributed by atoms with E-state index in [0.717, 1.165) is 5.56 Å². The fourth-order valence-electron chi connectivity index (χ4n) is 1.44. The van der Waals surface area contributed by atoms with E-state index in [1.165, 1.54) is 23.5 Å². The van der Waals surface area contributed by atoms with E-state index in [1.807, 2.05) is 6.92 Å². The Hall–Kier alpha value is -0.910. The van der Waals surface area contributed by atoms with Crippen LogP contribution < -0.4 is 5.73 Å². The zero-order valence-electron chi connectivity index (χ0n) is 9.26. The van der Waals surface area contributed by atoms with Crippen molar-refractivity contribution in [2.45, 2.75) is 6.92 Å². The minimum Gasteiger partial charge on any atom is -0.396 e. The van der Waals surface area contributed by atoms with E-state index in [4.69, 9.17) is 17.3 Å². The molecule has 0 aliphatic carbocycles. The predicted octanol–water partition coefficient (Wildman–Crippen LogP) is 4.42. The number of benzene rings is 1. The number of halogens is 3. The summed E-state index contributed by atoms with van der Waals surface area (Å²) < 4.78 is 14.2. The van der Waals surface area contributed by atoms with Gasteiger partial charge in [-0.25, -0.2) is 4.39 Å². The minimum atomic E-state index is -0.557. The number of ketones is 1. The van der Waals surface area contributed by atoms with Gasteiger partial charge in [0, 0.05) is 10.0 Å². The van der Waals surface area contributed by atoms with Crippen LogP contribution in [0.4, 0.5) is 10.1 Å². The number of hydrogen-bond donors (Lipinski definition) is 1. The van der Waals surface area contributed by atoms with Gasteiger partial charge in [0.15, 0.2) is 0 Å². The average Bonchev–Trinajstić information content (AvgIpc) is 2.63. The molecule has 0 radical (unpaired) electrons. The quantitative estimate of drug-likeness (QED) is 0.644. The molecule has 0 spiro atoms. The second-order valence-electron chi connectivity index (χ2n) is 3.75. The summed E-state index contributed by atoms with van der Waals surface area (Å²) in [5.74, 6) is -0.785. The second kappa shape index (κ2) is 4.99. The van der Waals surface area contributed by atoms with E-state index in [2.05, 4.69) is 15.9 Å². The molecule has 0 fully saturated rings. The number of nitrogen functional groups attached to an aromatic ring is 1. The fraction of sp³-hybridized carbons (Fsp3) is 0.0833. The molecule has 94 valence electrons. The average molecular weight is 349 g/mol. The van der Waals surface area contributed by atoms with Gasteiger partial charge in [-0.1, -0.05) is 11.6 Å². The van der Waals surface area contributed by atoms with E-state index in [9.17, 15) is 9.18 Å². The van der Waals surface area contributed by atoms with Crippen molar-refractivity contribution in [2.75, 3.05) is 5.73 Å². The highest BCUT2D eigenvalue weighted by Gasteiger charge is 2.18. The summed E-state index contributed by atoms with van der Waals surface area (Å²) in [5, 5.41) is 0. The third kappa shape index (κ3) is 2.43. The van der Waals surface area contributed by atoms with Crippen LogP contribution in [0, 0.1) is 12.7 Å². The van der Waals surface area contributed by atoms with Crippen LogP contribution in [-0.4, -0.2) is 5.78 Å². The molecule has 2 nitrogen and oxygen atoms in total. The van der Waals surface area contributed by atoms with Crippen LogP contribution in [0.3, 0.4) is 0 Å². The normalized spacial score (nSPS) is 10.7. The van der Waals surface area contributed by atoms with Gasteiger partial charge in [0.2, 0.25) is 5.78 Å². The first-order valence-corrected chi connectivity index (χ1v) is 6.94. The molecule has 0 saturated heterocycles. The largest absolute Gasteiger partial charge is 0.396 e. The SMILES string of the molecule is Cc1cc(C(=O)c2cc(N)c(F)cc2Br)sc1Cl. The van der Waals surface area contributed by atoms with E-state index >= 15 is 0 Å².